The number of ether oxygens (including phenoxy) is 1. The number of hydrogen-bond acceptors (Lipinski definition) is 5. The minimum atomic E-state index is -0.646. The molecule has 0 bridgehead atoms. The highest BCUT2D eigenvalue weighted by molar-refractivity contribution is 8.00. The largest absolute Gasteiger partial charge is 0.465 e. The number of para-hydroxylation sites is 1. The first-order chi connectivity index (χ1) is 10.5. The Morgan fingerprint density at radius 3 is 2.73 bits per heavy atom. The van der Waals surface area contributed by atoms with Crippen LogP contribution in [0.3, 0.4) is 0 Å². The van der Waals surface area contributed by atoms with E-state index in [-0.39, 0.29) is 30.2 Å². The van der Waals surface area contributed by atoms with Gasteiger partial charge >= 0.3 is 5.97 Å². The van der Waals surface area contributed by atoms with E-state index in [1.54, 1.807) is 18.7 Å². The molecule has 22 heavy (non-hydrogen) atoms. The molecule has 2 unspecified atom stereocenters. The van der Waals surface area contributed by atoms with Gasteiger partial charge in [0.15, 0.2) is 0 Å². The maximum Gasteiger partial charge on any atom is 0.326 e. The third-order valence-corrected chi connectivity index (χ3v) is 5.28. The average molecular weight is 322 g/mol. The molecule has 5 nitrogen and oxygen atoms in total. The van der Waals surface area contributed by atoms with Crippen molar-refractivity contribution >= 4 is 29.3 Å². The topological polar surface area (TPSA) is 72.6 Å². The second-order valence-corrected chi connectivity index (χ2v) is 6.77. The SMILES string of the molecule is CCOC(=O)CN1C(=O)C(N)C(C(C)C)Sc2ccccc21. The molecule has 6 heteroatoms. The molecule has 1 heterocycles. The summed E-state index contributed by atoms with van der Waals surface area (Å²) in [7, 11) is 0. The number of anilines is 1. The van der Waals surface area contributed by atoms with Gasteiger partial charge in [-0.25, -0.2) is 0 Å². The number of fused-ring (bicyclic) bond motifs is 1. The van der Waals surface area contributed by atoms with E-state index in [2.05, 4.69) is 13.8 Å². The van der Waals surface area contributed by atoms with Gasteiger partial charge in [-0.05, 0) is 25.0 Å². The zero-order valence-corrected chi connectivity index (χ0v) is 13.9. The van der Waals surface area contributed by atoms with Gasteiger partial charge in [-0.2, -0.15) is 0 Å². The molecule has 2 N–H and O–H groups in total. The molecule has 0 saturated heterocycles. The van der Waals surface area contributed by atoms with Crippen molar-refractivity contribution in [3.05, 3.63) is 24.3 Å². The van der Waals surface area contributed by atoms with Crippen LogP contribution in [0.15, 0.2) is 29.2 Å². The van der Waals surface area contributed by atoms with Crippen LogP contribution in [-0.2, 0) is 14.3 Å². The van der Waals surface area contributed by atoms with E-state index >= 15 is 0 Å². The van der Waals surface area contributed by atoms with E-state index in [0.29, 0.717) is 0 Å². The first-order valence-electron chi connectivity index (χ1n) is 7.44. The lowest BCUT2D eigenvalue weighted by Gasteiger charge is -2.26. The van der Waals surface area contributed by atoms with Crippen molar-refractivity contribution in [1.82, 2.24) is 0 Å². The molecular weight excluding hydrogens is 300 g/mol. The van der Waals surface area contributed by atoms with Crippen molar-refractivity contribution in [3.8, 4) is 0 Å². The van der Waals surface area contributed by atoms with Gasteiger partial charge in [0.2, 0.25) is 5.91 Å². The fourth-order valence-electron chi connectivity index (χ4n) is 2.49. The number of thioether (sulfide) groups is 1. The number of rotatable bonds is 4. The first kappa shape index (κ1) is 16.8. The highest BCUT2D eigenvalue weighted by atomic mass is 32.2. The van der Waals surface area contributed by atoms with Crippen LogP contribution in [0.2, 0.25) is 0 Å². The number of carbonyl (C=O) groups excluding carboxylic acids is 2. The Morgan fingerprint density at radius 1 is 1.41 bits per heavy atom. The van der Waals surface area contributed by atoms with Crippen LogP contribution in [0.1, 0.15) is 20.8 Å². The number of benzene rings is 1. The molecule has 0 saturated carbocycles. The summed E-state index contributed by atoms with van der Waals surface area (Å²) in [4.78, 5) is 27.0. The molecule has 2 atom stereocenters. The van der Waals surface area contributed by atoms with Crippen LogP contribution in [-0.4, -0.2) is 36.3 Å². The molecule has 0 fully saturated rings. The first-order valence-corrected chi connectivity index (χ1v) is 8.32. The average Bonchev–Trinajstić information content (AvgIpc) is 2.58. The van der Waals surface area contributed by atoms with Crippen LogP contribution >= 0.6 is 11.8 Å². The van der Waals surface area contributed by atoms with Gasteiger partial charge in [-0.15, -0.1) is 11.8 Å². The fourth-order valence-corrected chi connectivity index (χ4v) is 3.77. The van der Waals surface area contributed by atoms with Crippen LogP contribution in [0, 0.1) is 5.92 Å². The molecular formula is C16H22N2O3S. The third-order valence-electron chi connectivity index (χ3n) is 3.57. The summed E-state index contributed by atoms with van der Waals surface area (Å²) in [6, 6.07) is 6.93. The van der Waals surface area contributed by atoms with Crippen molar-refractivity contribution in [1.29, 1.82) is 0 Å². The summed E-state index contributed by atoms with van der Waals surface area (Å²) in [6.07, 6.45) is 0. The lowest BCUT2D eigenvalue weighted by Crippen LogP contribution is -2.50. The number of nitrogens with two attached hydrogens (primary N) is 1. The third kappa shape index (κ3) is 3.44. The van der Waals surface area contributed by atoms with Crippen LogP contribution in [0.4, 0.5) is 5.69 Å². The maximum atomic E-state index is 12.7. The van der Waals surface area contributed by atoms with Gasteiger partial charge in [0.25, 0.3) is 0 Å². The fraction of sp³-hybridized carbons (Fsp3) is 0.500. The van der Waals surface area contributed by atoms with E-state index in [9.17, 15) is 9.59 Å². The number of nitrogens with zero attached hydrogens (tertiary/aromatic N) is 1. The summed E-state index contributed by atoms with van der Waals surface area (Å²) in [6.45, 7) is 6.02. The van der Waals surface area contributed by atoms with Crippen LogP contribution in [0.5, 0.6) is 0 Å². The van der Waals surface area contributed by atoms with Crippen molar-refractivity contribution in [2.75, 3.05) is 18.1 Å². The van der Waals surface area contributed by atoms with Gasteiger partial charge in [-0.1, -0.05) is 26.0 Å². The van der Waals surface area contributed by atoms with E-state index < -0.39 is 12.0 Å². The molecule has 0 spiro atoms. The van der Waals surface area contributed by atoms with Crippen LogP contribution in [0.25, 0.3) is 0 Å². The van der Waals surface area contributed by atoms with E-state index in [4.69, 9.17) is 10.5 Å². The molecule has 1 amide bonds. The standard InChI is InChI=1S/C16H22N2O3S/c1-4-21-13(19)9-18-11-7-5-6-8-12(11)22-15(10(2)3)14(17)16(18)20/h5-8,10,14-15H,4,9,17H2,1-3H3. The van der Waals surface area contributed by atoms with E-state index in [0.717, 1.165) is 10.6 Å². The highest BCUT2D eigenvalue weighted by Gasteiger charge is 2.37. The van der Waals surface area contributed by atoms with Crippen molar-refractivity contribution in [2.45, 2.75) is 37.0 Å². The van der Waals surface area contributed by atoms with E-state index in [1.165, 1.54) is 4.90 Å². The Balaban J connectivity index is 2.39. The highest BCUT2D eigenvalue weighted by Crippen LogP contribution is 2.40. The second-order valence-electron chi connectivity index (χ2n) is 5.55. The Bertz CT molecular complexity index is 562. The predicted octanol–water partition coefficient (Wildman–Crippen LogP) is 2.04. The Morgan fingerprint density at radius 2 is 2.09 bits per heavy atom. The molecule has 1 aromatic carbocycles. The van der Waals surface area contributed by atoms with Crippen LogP contribution < -0.4 is 10.6 Å². The minimum Gasteiger partial charge on any atom is -0.465 e. The second kappa shape index (κ2) is 7.15. The molecule has 2 rings (SSSR count). The lowest BCUT2D eigenvalue weighted by atomic mass is 10.0. The van der Waals surface area contributed by atoms with Gasteiger partial charge in [-0.3, -0.25) is 14.5 Å². The number of carbonyl (C=O) groups is 2. The Kier molecular flexibility index (Phi) is 5.47. The maximum absolute atomic E-state index is 12.7. The molecule has 0 aromatic heterocycles. The number of hydrogen-bond donors (Lipinski definition) is 1. The zero-order valence-electron chi connectivity index (χ0n) is 13.1. The number of amides is 1. The van der Waals surface area contributed by atoms with Gasteiger partial charge in [0.05, 0.1) is 18.3 Å². The summed E-state index contributed by atoms with van der Waals surface area (Å²) in [5, 5.41) is -0.0270. The number of esters is 1. The molecule has 1 aliphatic heterocycles. The summed E-state index contributed by atoms with van der Waals surface area (Å²) < 4.78 is 4.98. The van der Waals surface area contributed by atoms with Gasteiger partial charge in [0.1, 0.15) is 6.54 Å². The predicted molar refractivity (Wildman–Crippen MR) is 87.9 cm³/mol. The lowest BCUT2D eigenvalue weighted by molar-refractivity contribution is -0.142. The molecule has 120 valence electrons. The van der Waals surface area contributed by atoms with Gasteiger partial charge in [0, 0.05) is 10.1 Å². The minimum absolute atomic E-state index is 0.0270. The zero-order chi connectivity index (χ0) is 16.3. The Labute approximate surface area is 135 Å². The van der Waals surface area contributed by atoms with Crippen molar-refractivity contribution in [2.24, 2.45) is 11.7 Å². The van der Waals surface area contributed by atoms with Crippen molar-refractivity contribution in [3.63, 3.8) is 0 Å². The Hall–Kier alpha value is -1.53. The summed E-state index contributed by atoms with van der Waals surface area (Å²) in [5.41, 5.74) is 6.90. The van der Waals surface area contributed by atoms with Crippen molar-refractivity contribution < 1.29 is 14.3 Å². The monoisotopic (exact) mass is 322 g/mol. The quantitative estimate of drug-likeness (QED) is 0.859. The normalized spacial score (nSPS) is 21.5. The molecule has 0 aliphatic carbocycles. The summed E-state index contributed by atoms with van der Waals surface area (Å²) in [5.74, 6) is -0.408. The molecule has 0 radical (unpaired) electrons. The summed E-state index contributed by atoms with van der Waals surface area (Å²) >= 11 is 1.60. The smallest absolute Gasteiger partial charge is 0.326 e. The molecule has 1 aliphatic rings. The van der Waals surface area contributed by atoms with Gasteiger partial charge < -0.3 is 10.5 Å². The molecule has 1 aromatic rings. The van der Waals surface area contributed by atoms with E-state index in [1.807, 2.05) is 24.3 Å².